The minimum absolute atomic E-state index is 0.0393. The number of carboxylic acids is 1. The molecule has 0 bridgehead atoms. The first-order valence-electron chi connectivity index (χ1n) is 12.2. The minimum atomic E-state index is -1.30. The largest absolute Gasteiger partial charge is 0.496 e. The second-order valence-corrected chi connectivity index (χ2v) is 10.2. The third kappa shape index (κ3) is 6.95. The predicted molar refractivity (Wildman–Crippen MR) is 145 cm³/mol. The highest BCUT2D eigenvalue weighted by atomic mass is 19.2. The van der Waals surface area contributed by atoms with E-state index in [1.807, 2.05) is 37.3 Å². The zero-order valence-electron chi connectivity index (χ0n) is 22.6. The molecule has 3 aromatic rings. The number of rotatable bonds is 10. The van der Waals surface area contributed by atoms with Gasteiger partial charge in [0.05, 0.1) is 24.8 Å². The molecule has 0 saturated carbocycles. The smallest absolute Gasteiger partial charge is 0.337 e. The van der Waals surface area contributed by atoms with Crippen molar-refractivity contribution in [2.75, 3.05) is 7.11 Å². The Morgan fingerprint density at radius 2 is 1.79 bits per heavy atom. The summed E-state index contributed by atoms with van der Waals surface area (Å²) in [6, 6.07) is 12.3. The van der Waals surface area contributed by atoms with Crippen LogP contribution in [-0.4, -0.2) is 40.2 Å². The number of nitrogens with zero attached hydrogens (tertiary/aromatic N) is 2. The third-order valence-electron chi connectivity index (χ3n) is 5.98. The van der Waals surface area contributed by atoms with Gasteiger partial charge in [-0.05, 0) is 58.4 Å². The van der Waals surface area contributed by atoms with Crippen LogP contribution in [0.1, 0.15) is 49.9 Å². The van der Waals surface area contributed by atoms with Crippen LogP contribution >= 0.6 is 0 Å². The van der Waals surface area contributed by atoms with Gasteiger partial charge in [-0.15, -0.1) is 0 Å². The molecule has 38 heavy (non-hydrogen) atoms. The van der Waals surface area contributed by atoms with Crippen molar-refractivity contribution < 1.29 is 28.2 Å². The molecular formula is C30H34F2N2O4. The van der Waals surface area contributed by atoms with Gasteiger partial charge in [0.15, 0.2) is 17.7 Å². The molecule has 8 heteroatoms. The van der Waals surface area contributed by atoms with Crippen LogP contribution in [0.5, 0.6) is 5.75 Å². The summed E-state index contributed by atoms with van der Waals surface area (Å²) in [4.78, 5) is 16.7. The number of carbonyl (C=O) groups is 1. The maximum absolute atomic E-state index is 14.8. The van der Waals surface area contributed by atoms with E-state index in [1.165, 1.54) is 13.2 Å². The third-order valence-corrected chi connectivity index (χ3v) is 5.98. The zero-order chi connectivity index (χ0) is 28.2. The first-order valence-corrected chi connectivity index (χ1v) is 12.2. The average Bonchev–Trinajstić information content (AvgIpc) is 3.21. The van der Waals surface area contributed by atoms with E-state index in [2.05, 4.69) is 6.58 Å². The van der Waals surface area contributed by atoms with Crippen LogP contribution in [0.15, 0.2) is 65.8 Å². The summed E-state index contributed by atoms with van der Waals surface area (Å²) in [6.07, 6.45) is 0.960. The molecule has 2 aromatic carbocycles. The molecule has 0 amide bonds. The Morgan fingerprint density at radius 1 is 1.13 bits per heavy atom. The molecule has 0 spiro atoms. The lowest BCUT2D eigenvalue weighted by Gasteiger charge is -2.26. The number of ether oxygens (including phenoxy) is 2. The van der Waals surface area contributed by atoms with E-state index in [9.17, 15) is 18.7 Å². The highest BCUT2D eigenvalue weighted by molar-refractivity contribution is 6.04. The number of aryl methyl sites for hydroxylation is 1. The van der Waals surface area contributed by atoms with Crippen molar-refractivity contribution in [3.05, 3.63) is 94.7 Å². The molecule has 1 N–H and O–H groups in total. The Kier molecular flexibility index (Phi) is 8.89. The molecule has 0 aliphatic rings. The van der Waals surface area contributed by atoms with Crippen molar-refractivity contribution in [3.63, 3.8) is 0 Å². The van der Waals surface area contributed by atoms with E-state index in [0.717, 1.165) is 22.8 Å². The summed E-state index contributed by atoms with van der Waals surface area (Å²) in [5.41, 5.74) is 2.83. The van der Waals surface area contributed by atoms with E-state index < -0.39 is 29.3 Å². The molecule has 1 aromatic heterocycles. The fourth-order valence-electron chi connectivity index (χ4n) is 3.97. The van der Waals surface area contributed by atoms with Gasteiger partial charge in [-0.3, -0.25) is 0 Å². The van der Waals surface area contributed by atoms with Crippen LogP contribution in [0.25, 0.3) is 0 Å². The Hall–Kier alpha value is -3.78. The molecule has 0 aliphatic carbocycles. The fourth-order valence-corrected chi connectivity index (χ4v) is 3.97. The van der Waals surface area contributed by atoms with Crippen LogP contribution in [0.2, 0.25) is 0 Å². The quantitative estimate of drug-likeness (QED) is 0.302. The van der Waals surface area contributed by atoms with Gasteiger partial charge >= 0.3 is 5.97 Å². The van der Waals surface area contributed by atoms with Crippen LogP contribution in [0, 0.1) is 18.6 Å². The number of aliphatic carboxylic acids is 1. The number of aliphatic imine (C=N–C) groups is 1. The SMILES string of the molecule is C=C(/C(C)=N\c1c(Cc2ccc(C)cc2)ccn1Cc1c(OC)ccc(F)c1F)C(OC(C)(C)C)C(=O)O. The summed E-state index contributed by atoms with van der Waals surface area (Å²) >= 11 is 0. The van der Waals surface area contributed by atoms with E-state index in [0.29, 0.717) is 18.0 Å². The van der Waals surface area contributed by atoms with E-state index in [1.54, 1.807) is 38.5 Å². The second kappa shape index (κ2) is 11.7. The molecule has 0 aliphatic heterocycles. The first kappa shape index (κ1) is 28.8. The summed E-state index contributed by atoms with van der Waals surface area (Å²) in [7, 11) is 1.39. The number of halogens is 2. The van der Waals surface area contributed by atoms with Crippen molar-refractivity contribution in [3.8, 4) is 5.75 Å². The number of benzene rings is 2. The number of hydrogen-bond donors (Lipinski definition) is 1. The maximum Gasteiger partial charge on any atom is 0.337 e. The zero-order valence-corrected chi connectivity index (χ0v) is 22.6. The van der Waals surface area contributed by atoms with Crippen molar-refractivity contribution >= 4 is 17.5 Å². The van der Waals surface area contributed by atoms with Gasteiger partial charge in [-0.25, -0.2) is 18.6 Å². The van der Waals surface area contributed by atoms with Gasteiger partial charge in [0.2, 0.25) is 0 Å². The molecular weight excluding hydrogens is 490 g/mol. The molecule has 6 nitrogen and oxygen atoms in total. The lowest BCUT2D eigenvalue weighted by molar-refractivity contribution is -0.155. The lowest BCUT2D eigenvalue weighted by Crippen LogP contribution is -2.36. The van der Waals surface area contributed by atoms with Gasteiger partial charge < -0.3 is 19.1 Å². The van der Waals surface area contributed by atoms with Crippen LogP contribution in [-0.2, 0) is 22.5 Å². The Bertz CT molecular complexity index is 1350. The first-order chi connectivity index (χ1) is 17.8. The molecule has 0 radical (unpaired) electrons. The molecule has 1 atom stereocenters. The van der Waals surface area contributed by atoms with Crippen LogP contribution in [0.4, 0.5) is 14.6 Å². The van der Waals surface area contributed by atoms with E-state index in [4.69, 9.17) is 14.5 Å². The van der Waals surface area contributed by atoms with Gasteiger partial charge in [0.25, 0.3) is 0 Å². The maximum atomic E-state index is 14.8. The molecule has 1 unspecified atom stereocenters. The normalized spacial score (nSPS) is 12.9. The van der Waals surface area contributed by atoms with Gasteiger partial charge in [0.1, 0.15) is 11.6 Å². The Labute approximate surface area is 222 Å². The van der Waals surface area contributed by atoms with Crippen LogP contribution in [0.3, 0.4) is 0 Å². The van der Waals surface area contributed by atoms with Gasteiger partial charge in [-0.2, -0.15) is 0 Å². The van der Waals surface area contributed by atoms with Gasteiger partial charge in [-0.1, -0.05) is 36.4 Å². The highest BCUT2D eigenvalue weighted by Crippen LogP contribution is 2.31. The molecule has 0 fully saturated rings. The van der Waals surface area contributed by atoms with Crippen molar-refractivity contribution in [1.29, 1.82) is 0 Å². The van der Waals surface area contributed by atoms with Crippen molar-refractivity contribution in [2.24, 2.45) is 4.99 Å². The molecule has 1 heterocycles. The Morgan fingerprint density at radius 3 is 2.37 bits per heavy atom. The highest BCUT2D eigenvalue weighted by Gasteiger charge is 2.29. The van der Waals surface area contributed by atoms with Crippen LogP contribution < -0.4 is 4.74 Å². The lowest BCUT2D eigenvalue weighted by atomic mass is 10.0. The standard InChI is InChI=1S/C30H34F2N2O4/c1-18-8-10-21(11-9-18)16-22-14-15-34(17-23-25(37-7)13-12-24(31)26(23)32)28(22)33-20(3)19(2)27(29(35)36)38-30(4,5)6/h8-15,27H,2,16-17H2,1,3-7H3,(H,35,36)/b33-20-. The van der Waals surface area contributed by atoms with Gasteiger partial charge in [0, 0.05) is 29.5 Å². The summed E-state index contributed by atoms with van der Waals surface area (Å²) in [6.45, 7) is 12.8. The second-order valence-electron chi connectivity index (χ2n) is 10.2. The summed E-state index contributed by atoms with van der Waals surface area (Å²) in [5, 5.41) is 9.78. The van der Waals surface area contributed by atoms with E-state index in [-0.39, 0.29) is 23.4 Å². The number of methoxy groups -OCH3 is 1. The minimum Gasteiger partial charge on any atom is -0.496 e. The predicted octanol–water partition coefficient (Wildman–Crippen LogP) is 6.64. The molecule has 202 valence electrons. The topological polar surface area (TPSA) is 73.0 Å². The monoisotopic (exact) mass is 524 g/mol. The molecule has 0 saturated heterocycles. The van der Waals surface area contributed by atoms with Crippen molar-refractivity contribution in [1.82, 2.24) is 4.57 Å². The number of carboxylic acid groups (broad SMARTS) is 1. The number of aromatic nitrogens is 1. The van der Waals surface area contributed by atoms with E-state index >= 15 is 0 Å². The Balaban J connectivity index is 2.09. The average molecular weight is 525 g/mol. The summed E-state index contributed by atoms with van der Waals surface area (Å²) < 4.78 is 41.6. The number of hydrogen-bond acceptors (Lipinski definition) is 4. The van der Waals surface area contributed by atoms with Crippen molar-refractivity contribution in [2.45, 2.75) is 59.3 Å². The fraction of sp³-hybridized carbons (Fsp3) is 0.333. The molecule has 3 rings (SSSR count). The summed E-state index contributed by atoms with van der Waals surface area (Å²) in [5.74, 6) is -2.49.